The minimum absolute atomic E-state index is 0.561. The lowest BCUT2D eigenvalue weighted by Gasteiger charge is -2.16. The Morgan fingerprint density at radius 1 is 1.29 bits per heavy atom. The monoisotopic (exact) mass is 345 g/mol. The van der Waals surface area contributed by atoms with Crippen molar-refractivity contribution >= 4 is 17.3 Å². The number of methoxy groups -OCH3 is 1. The van der Waals surface area contributed by atoms with Crippen LogP contribution in [0.4, 0.5) is 0 Å². The highest BCUT2D eigenvalue weighted by Crippen LogP contribution is 2.18. The fraction of sp³-hybridized carbons (Fsp3) is 0.421. The van der Waals surface area contributed by atoms with Crippen LogP contribution >= 0.6 is 11.3 Å². The quantitative estimate of drug-likeness (QED) is 0.595. The molecule has 0 spiro atoms. The number of hydrogen-bond acceptors (Lipinski definition) is 3. The van der Waals surface area contributed by atoms with Gasteiger partial charge >= 0.3 is 0 Å². The topological polar surface area (TPSA) is 45.7 Å². The second kappa shape index (κ2) is 9.33. The number of aliphatic imine (C=N–C) groups is 1. The van der Waals surface area contributed by atoms with Crippen LogP contribution < -0.4 is 15.4 Å². The molecule has 0 fully saturated rings. The Labute approximate surface area is 149 Å². The van der Waals surface area contributed by atoms with E-state index in [9.17, 15) is 0 Å². The molecule has 1 atom stereocenters. The third-order valence-electron chi connectivity index (χ3n) is 3.89. The Bertz CT molecular complexity index is 653. The van der Waals surface area contributed by atoms with Crippen LogP contribution in [0.15, 0.2) is 40.7 Å². The second-order valence-corrected chi connectivity index (χ2v) is 7.03. The van der Waals surface area contributed by atoms with E-state index in [4.69, 9.17) is 4.74 Å². The summed E-state index contributed by atoms with van der Waals surface area (Å²) in [7, 11) is 3.50. The van der Waals surface area contributed by atoms with Crippen molar-refractivity contribution in [2.75, 3.05) is 20.7 Å². The molecule has 24 heavy (non-hydrogen) atoms. The molecule has 1 unspecified atom stereocenters. The molecule has 0 aliphatic heterocycles. The van der Waals surface area contributed by atoms with Gasteiger partial charge in [-0.15, -0.1) is 11.3 Å². The van der Waals surface area contributed by atoms with Gasteiger partial charge in [-0.3, -0.25) is 4.99 Å². The Balaban J connectivity index is 1.79. The van der Waals surface area contributed by atoms with Gasteiger partial charge < -0.3 is 15.4 Å². The number of nitrogens with zero attached hydrogens (tertiary/aromatic N) is 1. The molecular formula is C19H27N3OS. The van der Waals surface area contributed by atoms with E-state index in [0.29, 0.717) is 5.92 Å². The number of benzene rings is 1. The van der Waals surface area contributed by atoms with Gasteiger partial charge in [-0.2, -0.15) is 0 Å². The molecule has 0 radical (unpaired) electrons. The highest BCUT2D eigenvalue weighted by Gasteiger charge is 2.06. The summed E-state index contributed by atoms with van der Waals surface area (Å²) in [6.45, 7) is 5.96. The van der Waals surface area contributed by atoms with Crippen molar-refractivity contribution in [1.82, 2.24) is 10.6 Å². The highest BCUT2D eigenvalue weighted by atomic mass is 32.1. The molecule has 130 valence electrons. The number of hydrogen-bond donors (Lipinski definition) is 2. The largest absolute Gasteiger partial charge is 0.496 e. The van der Waals surface area contributed by atoms with Crippen LogP contribution in [0.2, 0.25) is 0 Å². The molecule has 2 rings (SSSR count). The molecule has 0 aliphatic carbocycles. The first-order chi connectivity index (χ1) is 11.6. The number of thiophene rings is 1. The van der Waals surface area contributed by atoms with Gasteiger partial charge in [0, 0.05) is 25.0 Å². The van der Waals surface area contributed by atoms with Gasteiger partial charge in [0.1, 0.15) is 5.75 Å². The van der Waals surface area contributed by atoms with E-state index in [1.54, 1.807) is 14.2 Å². The minimum Gasteiger partial charge on any atom is -0.496 e. The van der Waals surface area contributed by atoms with Gasteiger partial charge in [0.15, 0.2) is 5.96 Å². The van der Waals surface area contributed by atoms with E-state index in [-0.39, 0.29) is 0 Å². The van der Waals surface area contributed by atoms with Crippen LogP contribution in [-0.4, -0.2) is 26.7 Å². The summed E-state index contributed by atoms with van der Waals surface area (Å²) in [6, 6.07) is 10.5. The first-order valence-electron chi connectivity index (χ1n) is 8.22. The zero-order valence-electron chi connectivity index (χ0n) is 14.9. The lowest BCUT2D eigenvalue weighted by molar-refractivity contribution is 0.411. The van der Waals surface area contributed by atoms with Crippen LogP contribution in [0, 0.1) is 12.8 Å². The van der Waals surface area contributed by atoms with Crippen LogP contribution in [0.3, 0.4) is 0 Å². The number of nitrogens with one attached hydrogen (secondary N) is 2. The van der Waals surface area contributed by atoms with Crippen molar-refractivity contribution in [3.63, 3.8) is 0 Å². The molecule has 0 saturated heterocycles. The van der Waals surface area contributed by atoms with Crippen LogP contribution in [-0.2, 0) is 13.0 Å². The Morgan fingerprint density at radius 3 is 2.75 bits per heavy atom. The van der Waals surface area contributed by atoms with Gasteiger partial charge in [-0.05, 0) is 47.9 Å². The smallest absolute Gasteiger partial charge is 0.191 e. The lowest BCUT2D eigenvalue weighted by Crippen LogP contribution is -2.39. The SMILES string of the molecule is CN=C(NCc1ccc(OC)c(C)c1)NCC(C)Cc1cccs1. The van der Waals surface area contributed by atoms with E-state index in [1.165, 1.54) is 10.4 Å². The number of aryl methyl sites for hydroxylation is 1. The fourth-order valence-electron chi connectivity index (χ4n) is 2.57. The summed E-state index contributed by atoms with van der Waals surface area (Å²) >= 11 is 1.82. The van der Waals surface area contributed by atoms with E-state index < -0.39 is 0 Å². The van der Waals surface area contributed by atoms with Gasteiger partial charge in [0.2, 0.25) is 0 Å². The molecule has 2 N–H and O–H groups in total. The Morgan fingerprint density at radius 2 is 2.12 bits per heavy atom. The maximum Gasteiger partial charge on any atom is 0.191 e. The predicted molar refractivity (Wildman–Crippen MR) is 103 cm³/mol. The molecule has 1 aromatic heterocycles. The average molecular weight is 346 g/mol. The van der Waals surface area contributed by atoms with Gasteiger partial charge in [0.25, 0.3) is 0 Å². The summed E-state index contributed by atoms with van der Waals surface area (Å²) < 4.78 is 5.30. The summed E-state index contributed by atoms with van der Waals surface area (Å²) in [6.07, 6.45) is 1.10. The average Bonchev–Trinajstić information content (AvgIpc) is 3.08. The minimum atomic E-state index is 0.561. The molecule has 5 heteroatoms. The highest BCUT2D eigenvalue weighted by molar-refractivity contribution is 7.09. The van der Waals surface area contributed by atoms with Gasteiger partial charge in [0.05, 0.1) is 7.11 Å². The predicted octanol–water partition coefficient (Wildman–Crippen LogP) is 3.61. The van der Waals surface area contributed by atoms with Crippen molar-refractivity contribution in [2.24, 2.45) is 10.9 Å². The standard InChI is InChI=1S/C19H27N3OS/c1-14(10-17-6-5-9-24-17)12-21-19(20-3)22-13-16-7-8-18(23-4)15(2)11-16/h5-9,11,14H,10,12-13H2,1-4H3,(H2,20,21,22). The Hall–Kier alpha value is -2.01. The van der Waals surface area contributed by atoms with E-state index >= 15 is 0 Å². The molecular weight excluding hydrogens is 318 g/mol. The molecule has 0 amide bonds. The first-order valence-corrected chi connectivity index (χ1v) is 9.10. The molecule has 2 aromatic rings. The summed E-state index contributed by atoms with van der Waals surface area (Å²) in [5.41, 5.74) is 2.35. The molecule has 0 aliphatic rings. The molecule has 4 nitrogen and oxygen atoms in total. The third kappa shape index (κ3) is 5.57. The molecule has 0 saturated carbocycles. The van der Waals surface area contributed by atoms with Crippen molar-refractivity contribution in [3.8, 4) is 5.75 Å². The number of rotatable bonds is 7. The van der Waals surface area contributed by atoms with E-state index in [0.717, 1.165) is 36.8 Å². The van der Waals surface area contributed by atoms with Crippen molar-refractivity contribution in [3.05, 3.63) is 51.7 Å². The zero-order chi connectivity index (χ0) is 17.4. The number of guanidine groups is 1. The molecule has 1 heterocycles. The lowest BCUT2D eigenvalue weighted by atomic mass is 10.1. The number of ether oxygens (including phenoxy) is 1. The van der Waals surface area contributed by atoms with E-state index in [1.807, 2.05) is 17.4 Å². The van der Waals surface area contributed by atoms with Gasteiger partial charge in [-0.1, -0.05) is 25.1 Å². The van der Waals surface area contributed by atoms with Crippen molar-refractivity contribution in [1.29, 1.82) is 0 Å². The van der Waals surface area contributed by atoms with Crippen LogP contribution in [0.25, 0.3) is 0 Å². The molecule has 1 aromatic carbocycles. The molecule has 0 bridgehead atoms. The fourth-order valence-corrected chi connectivity index (χ4v) is 3.44. The maximum atomic E-state index is 5.30. The maximum absolute atomic E-state index is 5.30. The van der Waals surface area contributed by atoms with E-state index in [2.05, 4.69) is 59.1 Å². The van der Waals surface area contributed by atoms with Crippen molar-refractivity contribution in [2.45, 2.75) is 26.8 Å². The second-order valence-electron chi connectivity index (χ2n) is 6.00. The first kappa shape index (κ1) is 18.3. The Kier molecular flexibility index (Phi) is 7.12. The summed E-state index contributed by atoms with van der Waals surface area (Å²) in [4.78, 5) is 5.73. The normalized spacial score (nSPS) is 12.8. The third-order valence-corrected chi connectivity index (χ3v) is 4.79. The van der Waals surface area contributed by atoms with Crippen LogP contribution in [0.5, 0.6) is 5.75 Å². The van der Waals surface area contributed by atoms with Crippen LogP contribution in [0.1, 0.15) is 22.9 Å². The zero-order valence-corrected chi connectivity index (χ0v) is 15.7. The van der Waals surface area contributed by atoms with Crippen molar-refractivity contribution < 1.29 is 4.74 Å². The van der Waals surface area contributed by atoms with Gasteiger partial charge in [-0.25, -0.2) is 0 Å². The summed E-state index contributed by atoms with van der Waals surface area (Å²) in [5, 5.41) is 8.90. The summed E-state index contributed by atoms with van der Waals surface area (Å²) in [5.74, 6) is 2.32.